The third kappa shape index (κ3) is 5.50. The molecule has 2 atom stereocenters. The molecule has 0 aromatic heterocycles. The fraction of sp³-hybridized carbons (Fsp3) is 0.273. The molecule has 0 saturated heterocycles. The number of sulfonamides is 1. The lowest BCUT2D eigenvalue weighted by molar-refractivity contribution is 0.502. The lowest BCUT2D eigenvalue weighted by Gasteiger charge is -2.25. The third-order valence-electron chi connectivity index (χ3n) is 4.32. The van der Waals surface area contributed by atoms with Crippen LogP contribution in [0.15, 0.2) is 82.0 Å². The molecule has 0 unspecified atom stereocenters. The molecule has 6 heteroatoms. The van der Waals surface area contributed by atoms with Crippen molar-refractivity contribution in [1.29, 1.82) is 0 Å². The summed E-state index contributed by atoms with van der Waals surface area (Å²) in [7, 11) is -5.28. The first kappa shape index (κ1) is 22.3. The minimum Gasteiger partial charge on any atom is -0.249 e. The number of rotatable bonds is 8. The van der Waals surface area contributed by atoms with Gasteiger partial charge in [0.2, 0.25) is 10.0 Å². The number of benzene rings is 2. The maximum Gasteiger partial charge on any atom is 0.241 e. The molecule has 0 aliphatic rings. The summed E-state index contributed by atoms with van der Waals surface area (Å²) < 4.78 is 41.8. The lowest BCUT2D eigenvalue weighted by Crippen LogP contribution is -2.41. The summed E-state index contributed by atoms with van der Waals surface area (Å²) in [5.41, 5.74) is 2.04. The van der Waals surface area contributed by atoms with E-state index in [0.717, 1.165) is 11.1 Å². The van der Waals surface area contributed by atoms with Gasteiger partial charge in [0.05, 0.1) is 21.7 Å². The summed E-state index contributed by atoms with van der Waals surface area (Å²) in [5, 5.41) is 0. The largest absolute Gasteiger partial charge is 0.249 e. The second-order valence-corrected chi connectivity index (χ2v) is 10.2. The van der Waals surface area contributed by atoms with Crippen molar-refractivity contribution in [3.63, 3.8) is 0 Å². The number of nitrogens with one attached hydrogen (secondary N) is 1. The molecule has 2 aromatic rings. The van der Waals surface area contributed by atoms with Gasteiger partial charge >= 0.3 is 0 Å². The summed E-state index contributed by atoms with van der Waals surface area (Å²) in [6.07, 6.45) is 3.18. The third-order valence-corrected chi connectivity index (χ3v) is 7.29. The van der Waals surface area contributed by atoms with Crippen LogP contribution < -0.4 is 4.72 Å². The minimum absolute atomic E-state index is 0.110. The normalized spacial score (nSPS) is 14.7. The molecule has 0 fully saturated rings. The van der Waals surface area contributed by atoms with E-state index in [1.54, 1.807) is 42.5 Å². The highest BCUT2D eigenvalue weighted by molar-refractivity contribution is 7.90. The van der Waals surface area contributed by atoms with Crippen LogP contribution in [0.25, 0.3) is 0 Å². The van der Waals surface area contributed by atoms with Crippen molar-refractivity contribution in [2.75, 3.05) is 0 Å². The van der Waals surface area contributed by atoms with Crippen LogP contribution in [0.3, 0.4) is 0 Å². The van der Waals surface area contributed by atoms with Gasteiger partial charge in [0.1, 0.15) is 0 Å². The zero-order valence-corrected chi connectivity index (χ0v) is 18.3. The van der Waals surface area contributed by atoms with Crippen molar-refractivity contribution in [2.45, 2.75) is 43.5 Å². The van der Waals surface area contributed by atoms with E-state index in [1.165, 1.54) is 6.08 Å². The van der Waals surface area contributed by atoms with Crippen LogP contribution in [0, 0.1) is 19.8 Å². The summed E-state index contributed by atoms with van der Waals surface area (Å²) in [5.74, 6) is -0.110. The molecule has 0 amide bonds. The molecule has 0 bridgehead atoms. The van der Waals surface area contributed by atoms with Gasteiger partial charge in [-0.1, -0.05) is 61.9 Å². The van der Waals surface area contributed by atoms with Gasteiger partial charge in [0.15, 0.2) is 0 Å². The van der Waals surface area contributed by atoms with Gasteiger partial charge in [-0.2, -0.15) is 0 Å². The molecule has 150 valence electrons. The van der Waals surface area contributed by atoms with E-state index in [1.807, 2.05) is 39.8 Å². The van der Waals surface area contributed by atoms with Gasteiger partial charge in [-0.05, 0) is 50.1 Å². The molecular formula is C22H27NO3S2. The number of hydrogen-bond acceptors (Lipinski definition) is 3. The Labute approximate surface area is 170 Å². The Morgan fingerprint density at radius 1 is 1.00 bits per heavy atom. The quantitative estimate of drug-likeness (QED) is 0.644. The molecule has 0 aliphatic heterocycles. The summed E-state index contributed by atoms with van der Waals surface area (Å²) in [6.45, 7) is 11.4. The summed E-state index contributed by atoms with van der Waals surface area (Å²) >= 11 is 0. The van der Waals surface area contributed by atoms with E-state index >= 15 is 0 Å². The maximum absolute atomic E-state index is 13.2. The highest BCUT2D eigenvalue weighted by atomic mass is 32.2. The van der Waals surface area contributed by atoms with E-state index in [9.17, 15) is 12.6 Å². The highest BCUT2D eigenvalue weighted by Gasteiger charge is 2.29. The zero-order chi connectivity index (χ0) is 20.9. The van der Waals surface area contributed by atoms with Gasteiger partial charge in [-0.25, -0.2) is 17.3 Å². The van der Waals surface area contributed by atoms with Crippen molar-refractivity contribution in [3.05, 3.63) is 83.3 Å². The minimum atomic E-state index is -3.77. The Morgan fingerprint density at radius 3 is 1.96 bits per heavy atom. The van der Waals surface area contributed by atoms with Gasteiger partial charge in [0, 0.05) is 9.80 Å². The Balaban J connectivity index is 2.42. The van der Waals surface area contributed by atoms with Crippen molar-refractivity contribution in [3.8, 4) is 0 Å². The fourth-order valence-electron chi connectivity index (χ4n) is 2.67. The fourth-order valence-corrected chi connectivity index (χ4v) is 5.55. The standard InChI is InChI=1S/C22H27NO3S2/c1-6-7-21(27(24)19-12-8-17(4)9-13-19)22(16(2)3)23-28(25,26)20-14-10-18(5)11-15-20/h6-16,22-23H,1H2,2-5H3/b21-7+/t22-,27-/m0/s1. The zero-order valence-electron chi connectivity index (χ0n) is 16.7. The average Bonchev–Trinajstić information content (AvgIpc) is 2.65. The maximum atomic E-state index is 13.2. The van der Waals surface area contributed by atoms with Gasteiger partial charge in [-0.3, -0.25) is 0 Å². The Hall–Kier alpha value is -2.02. The van der Waals surface area contributed by atoms with Crippen molar-refractivity contribution in [2.24, 2.45) is 5.92 Å². The number of aryl methyl sites for hydroxylation is 2. The molecule has 0 saturated carbocycles. The van der Waals surface area contributed by atoms with Crippen LogP contribution in [0.2, 0.25) is 0 Å². The molecular weight excluding hydrogens is 390 g/mol. The van der Waals surface area contributed by atoms with Crippen LogP contribution in [0.1, 0.15) is 25.0 Å². The Bertz CT molecular complexity index is 973. The van der Waals surface area contributed by atoms with Gasteiger partial charge in [0.25, 0.3) is 0 Å². The van der Waals surface area contributed by atoms with Crippen LogP contribution in [0.5, 0.6) is 0 Å². The van der Waals surface area contributed by atoms with Gasteiger partial charge in [-0.15, -0.1) is 0 Å². The van der Waals surface area contributed by atoms with Crippen molar-refractivity contribution >= 4 is 20.8 Å². The van der Waals surface area contributed by atoms with E-state index in [-0.39, 0.29) is 10.8 Å². The Kier molecular flexibility index (Phi) is 7.52. The predicted molar refractivity (Wildman–Crippen MR) is 116 cm³/mol. The second kappa shape index (κ2) is 9.45. The van der Waals surface area contributed by atoms with Crippen LogP contribution in [0.4, 0.5) is 0 Å². The summed E-state index contributed by atoms with van der Waals surface area (Å²) in [4.78, 5) is 1.28. The van der Waals surface area contributed by atoms with E-state index < -0.39 is 26.9 Å². The van der Waals surface area contributed by atoms with E-state index in [2.05, 4.69) is 11.3 Å². The van der Waals surface area contributed by atoms with E-state index in [0.29, 0.717) is 9.80 Å². The molecule has 1 N–H and O–H groups in total. The molecule has 2 rings (SSSR count). The second-order valence-electron chi connectivity index (χ2n) is 7.04. The van der Waals surface area contributed by atoms with Gasteiger partial charge < -0.3 is 0 Å². The smallest absolute Gasteiger partial charge is 0.241 e. The highest BCUT2D eigenvalue weighted by Crippen LogP contribution is 2.24. The molecule has 0 heterocycles. The van der Waals surface area contributed by atoms with E-state index in [4.69, 9.17) is 0 Å². The summed E-state index contributed by atoms with van der Waals surface area (Å²) in [6, 6.07) is 13.4. The SMILES string of the molecule is C=C/C=C(\[C@@H](NS(=O)(=O)c1ccc(C)cc1)C(C)C)[S@@](=O)c1ccc(C)cc1. The van der Waals surface area contributed by atoms with Crippen LogP contribution in [-0.2, 0) is 20.8 Å². The molecule has 28 heavy (non-hydrogen) atoms. The molecule has 0 aliphatic carbocycles. The molecule has 4 nitrogen and oxygen atoms in total. The topological polar surface area (TPSA) is 63.2 Å². The lowest BCUT2D eigenvalue weighted by atomic mass is 10.1. The monoisotopic (exact) mass is 417 g/mol. The first-order valence-corrected chi connectivity index (χ1v) is 11.7. The molecule has 2 aromatic carbocycles. The molecule has 0 radical (unpaired) electrons. The average molecular weight is 418 g/mol. The first-order valence-electron chi connectivity index (χ1n) is 9.05. The van der Waals surface area contributed by atoms with Crippen LogP contribution in [-0.4, -0.2) is 18.7 Å². The van der Waals surface area contributed by atoms with Crippen LogP contribution >= 0.6 is 0 Å². The molecule has 0 spiro atoms. The number of allylic oxidation sites excluding steroid dienone is 2. The predicted octanol–water partition coefficient (Wildman–Crippen LogP) is 4.48. The number of hydrogen-bond donors (Lipinski definition) is 1. The van der Waals surface area contributed by atoms with Crippen molar-refractivity contribution < 1.29 is 12.6 Å². The van der Waals surface area contributed by atoms with Crippen molar-refractivity contribution in [1.82, 2.24) is 4.72 Å². The Morgan fingerprint density at radius 2 is 1.50 bits per heavy atom. The first-order chi connectivity index (χ1) is 13.2.